The van der Waals surface area contributed by atoms with Gasteiger partial charge in [0, 0.05) is 18.8 Å². The third-order valence-corrected chi connectivity index (χ3v) is 15.2. The molecule has 5 fully saturated rings. The highest BCUT2D eigenvalue weighted by Crippen LogP contribution is 2.75. The van der Waals surface area contributed by atoms with Crippen molar-refractivity contribution in [3.05, 3.63) is 11.1 Å². The van der Waals surface area contributed by atoms with Gasteiger partial charge in [0.2, 0.25) is 0 Å². The second-order valence-electron chi connectivity index (χ2n) is 18.0. The number of alkyl carbamates (subject to hydrolysis) is 1. The van der Waals surface area contributed by atoms with Crippen LogP contribution in [0.1, 0.15) is 145 Å². The third-order valence-electron chi connectivity index (χ3n) is 15.2. The summed E-state index contributed by atoms with van der Waals surface area (Å²) < 4.78 is 11.8. The Labute approximate surface area is 272 Å². The SMILES string of the molecule is CC(=O)O[C@H]1CCC2(C)C(CC[C@]3(C)C2CCC2C4=C(C(C)C)C(=O)C[C@]4(NC(=O)OCC4CCCCC4)CC[C@]23C)C1(C)C. The second-order valence-corrected chi connectivity index (χ2v) is 18.0. The van der Waals surface area contributed by atoms with Gasteiger partial charge in [-0.1, -0.05) is 67.7 Å². The van der Waals surface area contributed by atoms with E-state index in [9.17, 15) is 14.4 Å². The zero-order valence-corrected chi connectivity index (χ0v) is 29.6. The highest BCUT2D eigenvalue weighted by atomic mass is 16.6. The first kappa shape index (κ1) is 33.1. The lowest BCUT2D eigenvalue weighted by Crippen LogP contribution is -2.67. The molecule has 0 radical (unpaired) electrons. The van der Waals surface area contributed by atoms with Crippen LogP contribution in [0.15, 0.2) is 11.1 Å². The van der Waals surface area contributed by atoms with Gasteiger partial charge in [-0.25, -0.2) is 4.79 Å². The molecule has 0 heterocycles. The number of ketones is 1. The molecule has 6 nitrogen and oxygen atoms in total. The summed E-state index contributed by atoms with van der Waals surface area (Å²) in [6.07, 6.45) is 14.4. The number of carbonyl (C=O) groups excluding carboxylic acids is 3. The van der Waals surface area contributed by atoms with Gasteiger partial charge in [-0.05, 0) is 121 Å². The van der Waals surface area contributed by atoms with Crippen molar-refractivity contribution in [1.29, 1.82) is 0 Å². The zero-order valence-electron chi connectivity index (χ0n) is 29.6. The number of nitrogens with one attached hydrogen (secondary N) is 1. The van der Waals surface area contributed by atoms with Crippen molar-refractivity contribution >= 4 is 17.8 Å². The zero-order chi connectivity index (χ0) is 32.6. The van der Waals surface area contributed by atoms with Gasteiger partial charge >= 0.3 is 12.1 Å². The fraction of sp³-hybridized carbons (Fsp3) is 0.872. The first-order valence-electron chi connectivity index (χ1n) is 18.5. The Balaban J connectivity index is 1.30. The van der Waals surface area contributed by atoms with Crippen LogP contribution in [0.5, 0.6) is 0 Å². The summed E-state index contributed by atoms with van der Waals surface area (Å²) in [5.74, 6) is 2.01. The fourth-order valence-electron chi connectivity index (χ4n) is 12.9. The molecule has 252 valence electrons. The van der Waals surface area contributed by atoms with E-state index in [2.05, 4.69) is 53.8 Å². The number of ether oxygens (including phenoxy) is 2. The maximum atomic E-state index is 13.8. The summed E-state index contributed by atoms with van der Waals surface area (Å²) >= 11 is 0. The number of esters is 1. The van der Waals surface area contributed by atoms with Crippen LogP contribution in [0, 0.1) is 51.2 Å². The van der Waals surface area contributed by atoms with Crippen LogP contribution < -0.4 is 5.32 Å². The van der Waals surface area contributed by atoms with Crippen molar-refractivity contribution in [2.24, 2.45) is 51.2 Å². The van der Waals surface area contributed by atoms with Gasteiger partial charge < -0.3 is 14.8 Å². The summed E-state index contributed by atoms with van der Waals surface area (Å²) in [6, 6.07) is 0. The standard InChI is InChI=1S/C39H61NO5/c1-24(2)32-28(42)22-39(40-34(43)44-23-26-12-10-9-11-13-26)21-20-37(7)27(33(32)39)14-15-30-36(6)18-17-31(45-25(3)41)35(4,5)29(36)16-19-38(30,37)8/h24,26-27,29-31H,9-23H2,1-8H3,(H,40,43)/t27?,29?,30?,31-,36?,37+,38+,39+/m0/s1. The van der Waals surface area contributed by atoms with Crippen molar-refractivity contribution in [3.8, 4) is 0 Å². The van der Waals surface area contributed by atoms with Gasteiger partial charge in [0.15, 0.2) is 5.78 Å². The molecular formula is C39H61NO5. The fourth-order valence-corrected chi connectivity index (χ4v) is 12.9. The average Bonchev–Trinajstić information content (AvgIpc) is 3.26. The normalized spacial score (nSPS) is 42.7. The van der Waals surface area contributed by atoms with Crippen LogP contribution in [-0.2, 0) is 19.1 Å². The van der Waals surface area contributed by atoms with Crippen LogP contribution in [0.4, 0.5) is 4.79 Å². The van der Waals surface area contributed by atoms with Crippen molar-refractivity contribution in [2.75, 3.05) is 6.61 Å². The average molecular weight is 624 g/mol. The molecule has 0 aromatic rings. The first-order chi connectivity index (χ1) is 21.1. The first-order valence-corrected chi connectivity index (χ1v) is 18.5. The number of carbonyl (C=O) groups is 3. The van der Waals surface area contributed by atoms with Gasteiger partial charge in [0.05, 0.1) is 12.1 Å². The van der Waals surface area contributed by atoms with Gasteiger partial charge in [0.25, 0.3) is 0 Å². The molecule has 0 spiro atoms. The molecule has 6 heteroatoms. The largest absolute Gasteiger partial charge is 0.462 e. The van der Waals surface area contributed by atoms with Crippen LogP contribution in [-0.4, -0.2) is 36.1 Å². The molecule has 4 unspecified atom stereocenters. The summed E-state index contributed by atoms with van der Waals surface area (Å²) in [4.78, 5) is 39.3. The highest BCUT2D eigenvalue weighted by molar-refractivity contribution is 6.02. The number of hydrogen-bond acceptors (Lipinski definition) is 5. The Morgan fingerprint density at radius 3 is 2.22 bits per heavy atom. The lowest BCUT2D eigenvalue weighted by Gasteiger charge is -2.72. The quantitative estimate of drug-likeness (QED) is 0.309. The molecule has 0 aliphatic heterocycles. The predicted molar refractivity (Wildman–Crippen MR) is 176 cm³/mol. The summed E-state index contributed by atoms with van der Waals surface area (Å²) in [7, 11) is 0. The molecule has 0 aromatic heterocycles. The lowest BCUT2D eigenvalue weighted by atomic mass is 9.33. The number of fused-ring (bicyclic) bond motifs is 7. The van der Waals surface area contributed by atoms with Crippen molar-refractivity contribution in [2.45, 2.75) is 157 Å². The van der Waals surface area contributed by atoms with Crippen molar-refractivity contribution in [1.82, 2.24) is 5.32 Å². The van der Waals surface area contributed by atoms with Crippen molar-refractivity contribution < 1.29 is 23.9 Å². The molecule has 45 heavy (non-hydrogen) atoms. The Kier molecular flexibility index (Phi) is 8.37. The molecule has 6 aliphatic rings. The minimum absolute atomic E-state index is 0.0214. The molecule has 5 saturated carbocycles. The topological polar surface area (TPSA) is 81.7 Å². The van der Waals surface area contributed by atoms with Crippen LogP contribution in [0.3, 0.4) is 0 Å². The minimum Gasteiger partial charge on any atom is -0.462 e. The highest BCUT2D eigenvalue weighted by Gasteiger charge is 2.70. The molecule has 8 atom stereocenters. The molecule has 0 saturated heterocycles. The maximum Gasteiger partial charge on any atom is 0.407 e. The molecule has 1 amide bonds. The van der Waals surface area contributed by atoms with E-state index >= 15 is 0 Å². The summed E-state index contributed by atoms with van der Waals surface area (Å²) in [6.45, 7) is 18.7. The van der Waals surface area contributed by atoms with Gasteiger partial charge in [-0.3, -0.25) is 9.59 Å². The van der Waals surface area contributed by atoms with Gasteiger partial charge in [-0.2, -0.15) is 0 Å². The molecule has 0 bridgehead atoms. The van der Waals surface area contributed by atoms with Gasteiger partial charge in [0.1, 0.15) is 6.10 Å². The van der Waals surface area contributed by atoms with E-state index in [1.165, 1.54) is 24.8 Å². The van der Waals surface area contributed by atoms with E-state index in [-0.39, 0.29) is 57.4 Å². The third kappa shape index (κ3) is 5.04. The number of Topliss-reactive ketones (excluding diaryl/α,β-unsaturated/α-hetero) is 1. The molecule has 0 aromatic carbocycles. The van der Waals surface area contributed by atoms with Crippen molar-refractivity contribution in [3.63, 3.8) is 0 Å². The van der Waals surface area contributed by atoms with Crippen LogP contribution in [0.25, 0.3) is 0 Å². The second kappa shape index (κ2) is 11.4. The van der Waals surface area contributed by atoms with E-state index in [0.717, 1.165) is 69.8 Å². The van der Waals surface area contributed by atoms with E-state index < -0.39 is 5.54 Å². The molecule has 6 rings (SSSR count). The van der Waals surface area contributed by atoms with Crippen LogP contribution >= 0.6 is 0 Å². The van der Waals surface area contributed by atoms with Gasteiger partial charge in [-0.15, -0.1) is 0 Å². The Morgan fingerprint density at radius 2 is 1.56 bits per heavy atom. The lowest BCUT2D eigenvalue weighted by molar-refractivity contribution is -0.231. The van der Waals surface area contributed by atoms with E-state index in [4.69, 9.17) is 9.47 Å². The number of hydrogen-bond donors (Lipinski definition) is 1. The predicted octanol–water partition coefficient (Wildman–Crippen LogP) is 8.96. The summed E-state index contributed by atoms with van der Waals surface area (Å²) in [5, 5.41) is 3.39. The number of rotatable bonds is 5. The monoisotopic (exact) mass is 623 g/mol. The Hall–Kier alpha value is -1.85. The van der Waals surface area contributed by atoms with Crippen LogP contribution in [0.2, 0.25) is 0 Å². The minimum atomic E-state index is -0.612. The Bertz CT molecular complexity index is 1250. The van der Waals surface area contributed by atoms with E-state index in [1.54, 1.807) is 6.92 Å². The van der Waals surface area contributed by atoms with E-state index in [1.807, 2.05) is 0 Å². The summed E-state index contributed by atoms with van der Waals surface area (Å²) in [5.41, 5.74) is 1.92. The number of allylic oxidation sites excluding steroid dienone is 1. The smallest absolute Gasteiger partial charge is 0.407 e. The van der Waals surface area contributed by atoms with E-state index in [0.29, 0.717) is 30.8 Å². The molecule has 1 N–H and O–H groups in total. The Morgan fingerprint density at radius 1 is 0.844 bits per heavy atom. The maximum absolute atomic E-state index is 13.8. The molecular weight excluding hydrogens is 562 g/mol. The number of amides is 1. The molecule has 6 aliphatic carbocycles.